The molecule has 1 atom stereocenters. The molecule has 0 fully saturated rings. The van der Waals surface area contributed by atoms with Crippen molar-refractivity contribution in [3.8, 4) is 11.1 Å². The lowest BCUT2D eigenvalue weighted by atomic mass is 10.1. The second-order valence-electron chi connectivity index (χ2n) is 5.99. The number of rotatable bonds is 3. The number of fused-ring (bicyclic) bond motifs is 1. The molecule has 0 aliphatic rings. The van der Waals surface area contributed by atoms with Crippen molar-refractivity contribution in [1.82, 2.24) is 14.1 Å². The van der Waals surface area contributed by atoms with Crippen LogP contribution in [0.1, 0.15) is 30.9 Å². The van der Waals surface area contributed by atoms with Gasteiger partial charge in [0.2, 0.25) is 0 Å². The summed E-state index contributed by atoms with van der Waals surface area (Å²) in [5.74, 6) is 0.748. The molecule has 0 aliphatic carbocycles. The lowest BCUT2D eigenvalue weighted by Crippen LogP contribution is -2.03. The Morgan fingerprint density at radius 2 is 1.78 bits per heavy atom. The fourth-order valence-corrected chi connectivity index (χ4v) is 4.24. The van der Waals surface area contributed by atoms with Crippen LogP contribution in [-0.2, 0) is 11.0 Å². The lowest BCUT2D eigenvalue weighted by molar-refractivity contribution is 0.393. The van der Waals surface area contributed by atoms with E-state index in [1.165, 1.54) is 0 Å². The third-order valence-corrected chi connectivity index (χ3v) is 5.57. The van der Waals surface area contributed by atoms with Gasteiger partial charge in [-0.1, -0.05) is 37.2 Å². The minimum atomic E-state index is -1.33. The lowest BCUT2D eigenvalue weighted by Gasteiger charge is -2.06. The molecule has 0 saturated carbocycles. The SMILES string of the molecule is CC.Cc1noc(C)c1-c1cnc2c(C)cn(S(=O)c3ccccc3)c2c1. The largest absolute Gasteiger partial charge is 0.361 e. The van der Waals surface area contributed by atoms with Gasteiger partial charge in [-0.3, -0.25) is 8.96 Å². The van der Waals surface area contributed by atoms with Gasteiger partial charge >= 0.3 is 0 Å². The number of hydrogen-bond acceptors (Lipinski definition) is 4. The third-order valence-electron chi connectivity index (χ3n) is 4.23. The first-order valence-electron chi connectivity index (χ1n) is 8.94. The maximum atomic E-state index is 13.0. The second-order valence-corrected chi connectivity index (χ2v) is 7.35. The molecule has 1 unspecified atom stereocenters. The highest BCUT2D eigenvalue weighted by Crippen LogP contribution is 2.30. The number of benzene rings is 1. The van der Waals surface area contributed by atoms with Crippen molar-refractivity contribution in [3.63, 3.8) is 0 Å². The summed E-state index contributed by atoms with van der Waals surface area (Å²) < 4.78 is 20.1. The molecule has 0 aliphatic heterocycles. The monoisotopic (exact) mass is 381 g/mol. The van der Waals surface area contributed by atoms with E-state index in [9.17, 15) is 4.21 Å². The van der Waals surface area contributed by atoms with E-state index in [0.717, 1.165) is 44.1 Å². The zero-order valence-corrected chi connectivity index (χ0v) is 17.0. The van der Waals surface area contributed by atoms with Gasteiger partial charge in [0.05, 0.1) is 21.6 Å². The Bertz CT molecular complexity index is 1080. The highest BCUT2D eigenvalue weighted by molar-refractivity contribution is 7.83. The highest BCUT2D eigenvalue weighted by Gasteiger charge is 2.17. The summed E-state index contributed by atoms with van der Waals surface area (Å²) in [6.07, 6.45) is 3.70. The minimum Gasteiger partial charge on any atom is -0.361 e. The van der Waals surface area contributed by atoms with Crippen molar-refractivity contribution in [3.05, 3.63) is 65.8 Å². The summed E-state index contributed by atoms with van der Waals surface area (Å²) >= 11 is 0. The standard InChI is InChI=1S/C19H17N3O2S.C2H6/c1-12-11-22(25(23)16-7-5-4-6-8-16)17-9-15(10-20-19(12)17)18-13(2)21-24-14(18)3;1-2/h4-11H,1-3H3;1-2H3. The number of nitrogens with zero attached hydrogens (tertiary/aromatic N) is 3. The van der Waals surface area contributed by atoms with E-state index >= 15 is 0 Å². The Hall–Kier alpha value is -2.73. The van der Waals surface area contributed by atoms with E-state index in [4.69, 9.17) is 4.52 Å². The minimum absolute atomic E-state index is 0.748. The first-order valence-corrected chi connectivity index (χ1v) is 10.0. The van der Waals surface area contributed by atoms with Crippen LogP contribution in [0, 0.1) is 20.8 Å². The van der Waals surface area contributed by atoms with Gasteiger partial charge in [0.1, 0.15) is 5.76 Å². The molecule has 0 saturated heterocycles. The van der Waals surface area contributed by atoms with Crippen molar-refractivity contribution in [2.45, 2.75) is 39.5 Å². The van der Waals surface area contributed by atoms with Crippen molar-refractivity contribution >= 4 is 22.0 Å². The Morgan fingerprint density at radius 1 is 1.07 bits per heavy atom. The molecule has 4 aromatic rings. The van der Waals surface area contributed by atoms with Gasteiger partial charge < -0.3 is 4.52 Å². The van der Waals surface area contributed by atoms with Gasteiger partial charge in [-0.05, 0) is 44.5 Å². The zero-order chi connectivity index (χ0) is 19.6. The maximum absolute atomic E-state index is 13.0. The maximum Gasteiger partial charge on any atom is 0.157 e. The van der Waals surface area contributed by atoms with Crippen LogP contribution in [0.5, 0.6) is 0 Å². The summed E-state index contributed by atoms with van der Waals surface area (Å²) in [6, 6.07) is 11.4. The molecule has 5 nitrogen and oxygen atoms in total. The van der Waals surface area contributed by atoms with E-state index < -0.39 is 11.0 Å². The fourth-order valence-electron chi connectivity index (χ4n) is 3.05. The van der Waals surface area contributed by atoms with E-state index in [2.05, 4.69) is 10.1 Å². The number of aromatic nitrogens is 3. The molecule has 0 radical (unpaired) electrons. The summed E-state index contributed by atoms with van der Waals surface area (Å²) in [5, 5.41) is 4.01. The molecule has 3 heterocycles. The summed E-state index contributed by atoms with van der Waals surface area (Å²) in [4.78, 5) is 5.34. The first-order chi connectivity index (χ1) is 13.1. The van der Waals surface area contributed by atoms with Crippen LogP contribution in [0.25, 0.3) is 22.2 Å². The molecule has 0 bridgehead atoms. The van der Waals surface area contributed by atoms with Crippen molar-refractivity contribution in [1.29, 1.82) is 0 Å². The normalized spacial score (nSPS) is 11.9. The van der Waals surface area contributed by atoms with Gasteiger partial charge in [0.15, 0.2) is 11.0 Å². The molecule has 3 aromatic heterocycles. The van der Waals surface area contributed by atoms with E-state index in [0.29, 0.717) is 0 Å². The predicted octanol–water partition coefficient (Wildman–Crippen LogP) is 5.21. The first kappa shape index (κ1) is 19.0. The average Bonchev–Trinajstić information content (AvgIpc) is 3.22. The molecule has 6 heteroatoms. The van der Waals surface area contributed by atoms with Crippen LogP contribution in [0.3, 0.4) is 0 Å². The molecule has 4 rings (SSSR count). The quantitative estimate of drug-likeness (QED) is 0.488. The molecule has 27 heavy (non-hydrogen) atoms. The van der Waals surface area contributed by atoms with E-state index in [1.807, 2.05) is 83.4 Å². The van der Waals surface area contributed by atoms with E-state index in [-0.39, 0.29) is 0 Å². The van der Waals surface area contributed by atoms with Crippen LogP contribution in [0.4, 0.5) is 0 Å². The Kier molecular flexibility index (Phi) is 5.56. The Labute approximate surface area is 161 Å². The van der Waals surface area contributed by atoms with Crippen LogP contribution in [0.2, 0.25) is 0 Å². The number of aryl methyl sites for hydroxylation is 3. The molecule has 1 aromatic carbocycles. The van der Waals surface area contributed by atoms with Gasteiger partial charge in [0, 0.05) is 23.5 Å². The highest BCUT2D eigenvalue weighted by atomic mass is 32.2. The topological polar surface area (TPSA) is 60.9 Å². The van der Waals surface area contributed by atoms with Gasteiger partial charge in [-0.15, -0.1) is 0 Å². The average molecular weight is 382 g/mol. The number of pyridine rings is 1. The van der Waals surface area contributed by atoms with Crippen LogP contribution in [0.15, 0.2) is 58.2 Å². The predicted molar refractivity (Wildman–Crippen MR) is 109 cm³/mol. The molecule has 0 N–H and O–H groups in total. The summed E-state index contributed by atoms with van der Waals surface area (Å²) in [6.45, 7) is 9.76. The van der Waals surface area contributed by atoms with E-state index in [1.54, 1.807) is 3.97 Å². The zero-order valence-electron chi connectivity index (χ0n) is 16.2. The molecule has 0 spiro atoms. The van der Waals surface area contributed by atoms with Crippen molar-refractivity contribution in [2.24, 2.45) is 0 Å². The van der Waals surface area contributed by atoms with Crippen LogP contribution in [-0.4, -0.2) is 18.3 Å². The summed E-state index contributed by atoms with van der Waals surface area (Å²) in [7, 11) is -1.33. The summed E-state index contributed by atoms with van der Waals surface area (Å²) in [5.41, 5.74) is 5.33. The molecule has 140 valence electrons. The molecular weight excluding hydrogens is 358 g/mol. The number of hydrogen-bond donors (Lipinski definition) is 0. The third kappa shape index (κ3) is 3.45. The van der Waals surface area contributed by atoms with Crippen molar-refractivity contribution < 1.29 is 8.73 Å². The second kappa shape index (κ2) is 7.88. The van der Waals surface area contributed by atoms with Crippen molar-refractivity contribution in [2.75, 3.05) is 0 Å². The van der Waals surface area contributed by atoms with Gasteiger partial charge in [0.25, 0.3) is 0 Å². The Balaban J connectivity index is 0.00000102. The van der Waals surface area contributed by atoms with Gasteiger partial charge in [-0.2, -0.15) is 0 Å². The van der Waals surface area contributed by atoms with Crippen LogP contribution < -0.4 is 0 Å². The molecule has 0 amide bonds. The van der Waals surface area contributed by atoms with Crippen LogP contribution >= 0.6 is 0 Å². The Morgan fingerprint density at radius 3 is 2.41 bits per heavy atom. The smallest absolute Gasteiger partial charge is 0.157 e. The fraction of sp³-hybridized carbons (Fsp3) is 0.238. The van der Waals surface area contributed by atoms with Gasteiger partial charge in [-0.25, -0.2) is 4.21 Å². The molecular formula is C21H23N3O2S.